The van der Waals surface area contributed by atoms with Crippen LogP contribution in [0.1, 0.15) is 30.2 Å². The van der Waals surface area contributed by atoms with Crippen LogP contribution < -0.4 is 5.32 Å². The highest BCUT2D eigenvalue weighted by Gasteiger charge is 2.28. The van der Waals surface area contributed by atoms with Crippen LogP contribution in [0.25, 0.3) is 10.9 Å². The van der Waals surface area contributed by atoms with Gasteiger partial charge in [-0.15, -0.1) is 0 Å². The lowest BCUT2D eigenvalue weighted by Crippen LogP contribution is -2.30. The summed E-state index contributed by atoms with van der Waals surface area (Å²) < 4.78 is 6.12. The fraction of sp³-hybridized carbons (Fsp3) is 0.471. The van der Waals surface area contributed by atoms with Crippen LogP contribution in [0.4, 0.5) is 0 Å². The molecule has 106 valence electrons. The summed E-state index contributed by atoms with van der Waals surface area (Å²) in [4.78, 5) is 4.63. The first-order valence-corrected chi connectivity index (χ1v) is 7.42. The highest BCUT2D eigenvalue weighted by Crippen LogP contribution is 2.36. The molecule has 1 aliphatic rings. The molecule has 3 nitrogen and oxygen atoms in total. The van der Waals surface area contributed by atoms with Gasteiger partial charge < -0.3 is 10.1 Å². The molecule has 0 saturated carbocycles. The number of aryl methyl sites for hydroxylation is 1. The zero-order valence-corrected chi connectivity index (χ0v) is 12.2. The Morgan fingerprint density at radius 2 is 2.20 bits per heavy atom. The van der Waals surface area contributed by atoms with Crippen LogP contribution in [0.3, 0.4) is 0 Å². The minimum absolute atomic E-state index is 0.183. The van der Waals surface area contributed by atoms with Crippen molar-refractivity contribution in [1.82, 2.24) is 10.3 Å². The van der Waals surface area contributed by atoms with E-state index in [1.165, 1.54) is 17.4 Å². The van der Waals surface area contributed by atoms with E-state index in [0.29, 0.717) is 5.92 Å². The highest BCUT2D eigenvalue weighted by atomic mass is 16.5. The number of pyridine rings is 1. The molecular formula is C17H22N2O. The van der Waals surface area contributed by atoms with E-state index in [1.807, 2.05) is 13.1 Å². The molecule has 1 aromatic heterocycles. The number of hydrogen-bond donors (Lipinski definition) is 1. The van der Waals surface area contributed by atoms with Gasteiger partial charge in [-0.3, -0.25) is 4.98 Å². The van der Waals surface area contributed by atoms with Crippen molar-refractivity contribution < 1.29 is 4.74 Å². The normalized spacial score (nSPS) is 23.1. The zero-order valence-electron chi connectivity index (χ0n) is 12.2. The molecule has 2 heterocycles. The second-order valence-corrected chi connectivity index (χ2v) is 5.62. The molecule has 1 aromatic carbocycles. The Hall–Kier alpha value is -1.45. The lowest BCUT2D eigenvalue weighted by Gasteiger charge is -2.32. The number of hydrogen-bond acceptors (Lipinski definition) is 3. The Morgan fingerprint density at radius 1 is 1.35 bits per heavy atom. The lowest BCUT2D eigenvalue weighted by molar-refractivity contribution is -0.0264. The Kier molecular flexibility index (Phi) is 3.99. The van der Waals surface area contributed by atoms with E-state index >= 15 is 0 Å². The second kappa shape index (κ2) is 5.90. The first-order valence-electron chi connectivity index (χ1n) is 7.42. The van der Waals surface area contributed by atoms with Gasteiger partial charge in [0.25, 0.3) is 0 Å². The molecule has 0 radical (unpaired) electrons. The van der Waals surface area contributed by atoms with Crippen molar-refractivity contribution in [3.05, 3.63) is 41.6 Å². The summed E-state index contributed by atoms with van der Waals surface area (Å²) in [6, 6.07) is 10.6. The molecule has 2 atom stereocenters. The summed E-state index contributed by atoms with van der Waals surface area (Å²) >= 11 is 0. The average Bonchev–Trinajstić information content (AvgIpc) is 2.47. The van der Waals surface area contributed by atoms with Crippen LogP contribution in [0.15, 0.2) is 30.3 Å². The van der Waals surface area contributed by atoms with Crippen LogP contribution in [0.2, 0.25) is 0 Å². The summed E-state index contributed by atoms with van der Waals surface area (Å²) in [6.07, 6.45) is 2.56. The summed E-state index contributed by atoms with van der Waals surface area (Å²) in [5.74, 6) is 0.541. The minimum Gasteiger partial charge on any atom is -0.373 e. The van der Waals surface area contributed by atoms with Crippen molar-refractivity contribution in [2.24, 2.45) is 5.92 Å². The fourth-order valence-corrected chi connectivity index (χ4v) is 3.23. The van der Waals surface area contributed by atoms with Crippen molar-refractivity contribution in [2.45, 2.75) is 25.9 Å². The maximum absolute atomic E-state index is 6.12. The van der Waals surface area contributed by atoms with Gasteiger partial charge in [-0.05, 0) is 44.5 Å². The van der Waals surface area contributed by atoms with Crippen LogP contribution in [0, 0.1) is 12.8 Å². The largest absolute Gasteiger partial charge is 0.373 e. The fourth-order valence-electron chi connectivity index (χ4n) is 3.23. The third-order valence-electron chi connectivity index (χ3n) is 4.09. The molecule has 3 rings (SSSR count). The predicted octanol–water partition coefficient (Wildman–Crippen LogP) is 3.23. The number of nitrogens with one attached hydrogen (secondary N) is 1. The first kappa shape index (κ1) is 13.5. The Labute approximate surface area is 120 Å². The number of fused-ring (bicyclic) bond motifs is 1. The Bertz CT molecular complexity index is 595. The number of nitrogens with zero attached hydrogens (tertiary/aromatic N) is 1. The van der Waals surface area contributed by atoms with E-state index in [2.05, 4.69) is 41.5 Å². The monoisotopic (exact) mass is 270 g/mol. The maximum atomic E-state index is 6.12. The predicted molar refractivity (Wildman–Crippen MR) is 81.8 cm³/mol. The van der Waals surface area contributed by atoms with E-state index in [4.69, 9.17) is 4.74 Å². The van der Waals surface area contributed by atoms with Crippen LogP contribution in [-0.4, -0.2) is 25.2 Å². The van der Waals surface area contributed by atoms with E-state index in [0.717, 1.165) is 30.8 Å². The molecule has 1 fully saturated rings. The highest BCUT2D eigenvalue weighted by molar-refractivity contribution is 5.82. The van der Waals surface area contributed by atoms with Crippen LogP contribution in [-0.2, 0) is 4.74 Å². The summed E-state index contributed by atoms with van der Waals surface area (Å²) in [5.41, 5.74) is 3.43. The molecule has 1 aliphatic heterocycles. The van der Waals surface area contributed by atoms with Gasteiger partial charge in [0, 0.05) is 30.1 Å². The van der Waals surface area contributed by atoms with Gasteiger partial charge in [0.2, 0.25) is 0 Å². The van der Waals surface area contributed by atoms with Crippen molar-refractivity contribution in [3.8, 4) is 0 Å². The molecule has 2 unspecified atom stereocenters. The Balaban J connectivity index is 2.07. The molecule has 2 aromatic rings. The molecule has 3 heteroatoms. The Morgan fingerprint density at radius 3 is 3.05 bits per heavy atom. The standard InChI is InChI=1S/C17H22N2O/c1-12-10-15(14-7-3-4-8-16(14)19-12)17-13(11-18-2)6-5-9-20-17/h3-4,7-8,10,13,17-18H,5-6,9,11H2,1-2H3. The number of ether oxygens (including phenoxy) is 1. The summed E-state index contributed by atoms with van der Waals surface area (Å²) in [5, 5.41) is 4.53. The first-order chi connectivity index (χ1) is 9.79. The molecule has 0 aliphatic carbocycles. The minimum atomic E-state index is 0.183. The third-order valence-corrected chi connectivity index (χ3v) is 4.09. The second-order valence-electron chi connectivity index (χ2n) is 5.62. The quantitative estimate of drug-likeness (QED) is 0.929. The van der Waals surface area contributed by atoms with Crippen molar-refractivity contribution in [2.75, 3.05) is 20.2 Å². The van der Waals surface area contributed by atoms with Gasteiger partial charge in [-0.25, -0.2) is 0 Å². The molecule has 1 N–H and O–H groups in total. The SMILES string of the molecule is CNCC1CCCOC1c1cc(C)nc2ccccc12. The summed E-state index contributed by atoms with van der Waals surface area (Å²) in [6.45, 7) is 3.92. The van der Waals surface area contributed by atoms with Gasteiger partial charge in [-0.2, -0.15) is 0 Å². The average molecular weight is 270 g/mol. The zero-order chi connectivity index (χ0) is 13.9. The molecule has 0 spiro atoms. The number of benzene rings is 1. The smallest absolute Gasteiger partial charge is 0.0872 e. The number of aromatic nitrogens is 1. The lowest BCUT2D eigenvalue weighted by atomic mass is 9.87. The van der Waals surface area contributed by atoms with Crippen molar-refractivity contribution >= 4 is 10.9 Å². The number of rotatable bonds is 3. The third kappa shape index (κ3) is 2.56. The van der Waals surface area contributed by atoms with Crippen LogP contribution in [0.5, 0.6) is 0 Å². The molecule has 20 heavy (non-hydrogen) atoms. The van der Waals surface area contributed by atoms with E-state index in [9.17, 15) is 0 Å². The molecule has 0 bridgehead atoms. The van der Waals surface area contributed by atoms with Crippen molar-refractivity contribution in [3.63, 3.8) is 0 Å². The van der Waals surface area contributed by atoms with Gasteiger partial charge >= 0.3 is 0 Å². The number of para-hydroxylation sites is 1. The maximum Gasteiger partial charge on any atom is 0.0872 e. The van der Waals surface area contributed by atoms with Crippen LogP contribution >= 0.6 is 0 Å². The molecule has 1 saturated heterocycles. The molecule has 0 amide bonds. The summed E-state index contributed by atoms with van der Waals surface area (Å²) in [7, 11) is 2.02. The van der Waals surface area contributed by atoms with E-state index < -0.39 is 0 Å². The molecular weight excluding hydrogens is 248 g/mol. The van der Waals surface area contributed by atoms with Gasteiger partial charge in [0.15, 0.2) is 0 Å². The van der Waals surface area contributed by atoms with Crippen molar-refractivity contribution in [1.29, 1.82) is 0 Å². The topological polar surface area (TPSA) is 34.1 Å². The van der Waals surface area contributed by atoms with Gasteiger partial charge in [0.05, 0.1) is 11.6 Å². The van der Waals surface area contributed by atoms with Gasteiger partial charge in [-0.1, -0.05) is 18.2 Å². The van der Waals surface area contributed by atoms with Gasteiger partial charge in [0.1, 0.15) is 0 Å². The van der Waals surface area contributed by atoms with E-state index in [1.54, 1.807) is 0 Å². The van der Waals surface area contributed by atoms with E-state index in [-0.39, 0.29) is 6.10 Å².